The van der Waals surface area contributed by atoms with E-state index < -0.39 is 17.5 Å². The summed E-state index contributed by atoms with van der Waals surface area (Å²) >= 11 is 0. The van der Waals surface area contributed by atoms with Gasteiger partial charge in [0.2, 0.25) is 11.8 Å². The van der Waals surface area contributed by atoms with E-state index in [2.05, 4.69) is 5.32 Å². The van der Waals surface area contributed by atoms with E-state index in [1.54, 1.807) is 13.8 Å². The molecule has 0 aliphatic carbocycles. The molecule has 0 fully saturated rings. The summed E-state index contributed by atoms with van der Waals surface area (Å²) in [5.74, 6) is -0.317. The van der Waals surface area contributed by atoms with Gasteiger partial charge < -0.3 is 16.8 Å². The van der Waals surface area contributed by atoms with Crippen LogP contribution in [0.3, 0.4) is 0 Å². The molecule has 0 aromatic rings. The van der Waals surface area contributed by atoms with Crippen molar-refractivity contribution in [1.29, 1.82) is 0 Å². The molecule has 0 aromatic heterocycles. The fraction of sp³-hybridized carbons (Fsp3) is 0.818. The Morgan fingerprint density at radius 3 is 2.19 bits per heavy atom. The van der Waals surface area contributed by atoms with Gasteiger partial charge in [-0.15, -0.1) is 0 Å². The number of carbonyl (C=O) groups is 2. The third-order valence-electron chi connectivity index (χ3n) is 2.14. The summed E-state index contributed by atoms with van der Waals surface area (Å²) in [6, 6.07) is -0.535. The average Bonchev–Trinajstić information content (AvgIpc) is 1.98. The number of primary amides is 1. The van der Waals surface area contributed by atoms with Crippen molar-refractivity contribution in [3.05, 3.63) is 0 Å². The molecule has 0 bridgehead atoms. The Hall–Kier alpha value is -1.10. The maximum Gasteiger partial charge on any atom is 0.237 e. The topological polar surface area (TPSA) is 98.2 Å². The van der Waals surface area contributed by atoms with E-state index in [4.69, 9.17) is 11.5 Å². The smallest absolute Gasteiger partial charge is 0.237 e. The van der Waals surface area contributed by atoms with Gasteiger partial charge in [0.15, 0.2) is 0 Å². The lowest BCUT2D eigenvalue weighted by atomic mass is 9.98. The first-order chi connectivity index (χ1) is 7.14. The van der Waals surface area contributed by atoms with Crippen LogP contribution < -0.4 is 16.8 Å². The molecule has 94 valence electrons. The van der Waals surface area contributed by atoms with E-state index in [-0.39, 0.29) is 12.3 Å². The zero-order chi connectivity index (χ0) is 12.9. The van der Waals surface area contributed by atoms with Crippen molar-refractivity contribution >= 4 is 11.8 Å². The van der Waals surface area contributed by atoms with Gasteiger partial charge in [-0.25, -0.2) is 0 Å². The van der Waals surface area contributed by atoms with Gasteiger partial charge >= 0.3 is 0 Å². The standard InChI is InChI=1S/C11H23N3O2/c1-7(2)5-8(12)10(16)14-11(3,4)6-9(13)15/h7-8H,5-6,12H2,1-4H3,(H2,13,15)(H,14,16)/t8-/m1/s1. The highest BCUT2D eigenvalue weighted by atomic mass is 16.2. The molecule has 1 atom stereocenters. The van der Waals surface area contributed by atoms with Crippen molar-refractivity contribution in [3.63, 3.8) is 0 Å². The number of hydrogen-bond donors (Lipinski definition) is 3. The predicted molar refractivity (Wildman–Crippen MR) is 63.5 cm³/mol. The normalized spacial score (nSPS) is 13.6. The number of hydrogen-bond acceptors (Lipinski definition) is 3. The van der Waals surface area contributed by atoms with Crippen molar-refractivity contribution in [2.24, 2.45) is 17.4 Å². The third-order valence-corrected chi connectivity index (χ3v) is 2.14. The van der Waals surface area contributed by atoms with Crippen molar-refractivity contribution < 1.29 is 9.59 Å². The van der Waals surface area contributed by atoms with Crippen LogP contribution in [-0.2, 0) is 9.59 Å². The molecule has 5 N–H and O–H groups in total. The Bertz CT molecular complexity index is 262. The fourth-order valence-corrected chi connectivity index (χ4v) is 1.52. The van der Waals surface area contributed by atoms with Gasteiger partial charge in [0.1, 0.15) is 0 Å². The maximum absolute atomic E-state index is 11.7. The second-order valence-corrected chi connectivity index (χ2v) is 5.25. The summed E-state index contributed by atoms with van der Waals surface area (Å²) in [6.07, 6.45) is 0.728. The van der Waals surface area contributed by atoms with Crippen LogP contribution in [0.4, 0.5) is 0 Å². The van der Waals surface area contributed by atoms with Crippen LogP contribution in [0.5, 0.6) is 0 Å². The molecule has 0 saturated heterocycles. The maximum atomic E-state index is 11.7. The minimum atomic E-state index is -0.641. The van der Waals surface area contributed by atoms with Crippen molar-refractivity contribution in [1.82, 2.24) is 5.32 Å². The first kappa shape index (κ1) is 14.9. The van der Waals surface area contributed by atoms with Crippen molar-refractivity contribution in [2.45, 2.75) is 52.1 Å². The lowest BCUT2D eigenvalue weighted by Crippen LogP contribution is -2.52. The van der Waals surface area contributed by atoms with Gasteiger partial charge in [-0.05, 0) is 26.2 Å². The van der Waals surface area contributed by atoms with Gasteiger partial charge in [-0.3, -0.25) is 9.59 Å². The van der Waals surface area contributed by atoms with Crippen LogP contribution in [0.1, 0.15) is 40.5 Å². The number of amides is 2. The molecule has 5 heteroatoms. The highest BCUT2D eigenvalue weighted by Gasteiger charge is 2.25. The minimum absolute atomic E-state index is 0.104. The van der Waals surface area contributed by atoms with E-state index in [1.165, 1.54) is 0 Å². The van der Waals surface area contributed by atoms with E-state index in [0.717, 1.165) is 0 Å². The SMILES string of the molecule is CC(C)C[C@@H](N)C(=O)NC(C)(C)CC(N)=O. The quantitative estimate of drug-likeness (QED) is 0.603. The second-order valence-electron chi connectivity index (χ2n) is 5.25. The lowest BCUT2D eigenvalue weighted by molar-refractivity contribution is -0.125. The largest absolute Gasteiger partial charge is 0.370 e. The first-order valence-corrected chi connectivity index (χ1v) is 5.50. The van der Waals surface area contributed by atoms with Crippen LogP contribution in [0.15, 0.2) is 0 Å². The van der Waals surface area contributed by atoms with Crippen molar-refractivity contribution in [2.75, 3.05) is 0 Å². The Morgan fingerprint density at radius 2 is 1.81 bits per heavy atom. The minimum Gasteiger partial charge on any atom is -0.370 e. The molecule has 0 heterocycles. The number of nitrogens with one attached hydrogen (secondary N) is 1. The van der Waals surface area contributed by atoms with E-state index in [1.807, 2.05) is 13.8 Å². The summed E-state index contributed by atoms with van der Waals surface area (Å²) in [7, 11) is 0. The Balaban J connectivity index is 4.26. The molecule has 16 heavy (non-hydrogen) atoms. The summed E-state index contributed by atoms with van der Waals surface area (Å²) in [4.78, 5) is 22.5. The monoisotopic (exact) mass is 229 g/mol. The molecule has 5 nitrogen and oxygen atoms in total. The molecule has 0 unspecified atom stereocenters. The molecular formula is C11H23N3O2. The van der Waals surface area contributed by atoms with Gasteiger partial charge in [0.25, 0.3) is 0 Å². The fourth-order valence-electron chi connectivity index (χ4n) is 1.52. The number of rotatable bonds is 6. The molecule has 0 spiro atoms. The predicted octanol–water partition coefficient (Wildman–Crippen LogP) is 0.130. The summed E-state index contributed by atoms with van der Waals surface area (Å²) in [5, 5.41) is 2.73. The lowest BCUT2D eigenvalue weighted by Gasteiger charge is -2.27. The summed E-state index contributed by atoms with van der Waals surface area (Å²) in [6.45, 7) is 7.50. The summed E-state index contributed by atoms with van der Waals surface area (Å²) in [5.41, 5.74) is 10.2. The Morgan fingerprint density at radius 1 is 1.31 bits per heavy atom. The highest BCUT2D eigenvalue weighted by Crippen LogP contribution is 2.09. The van der Waals surface area contributed by atoms with Crippen LogP contribution in [0.2, 0.25) is 0 Å². The molecule has 0 aromatic carbocycles. The van der Waals surface area contributed by atoms with E-state index in [0.29, 0.717) is 12.3 Å². The molecule has 0 radical (unpaired) electrons. The van der Waals surface area contributed by atoms with Crippen LogP contribution in [-0.4, -0.2) is 23.4 Å². The van der Waals surface area contributed by atoms with Gasteiger partial charge in [-0.2, -0.15) is 0 Å². The van der Waals surface area contributed by atoms with Crippen LogP contribution in [0.25, 0.3) is 0 Å². The second kappa shape index (κ2) is 5.84. The molecule has 0 saturated carbocycles. The number of nitrogens with two attached hydrogens (primary N) is 2. The van der Waals surface area contributed by atoms with E-state index in [9.17, 15) is 9.59 Å². The molecule has 0 rings (SSSR count). The van der Waals surface area contributed by atoms with Gasteiger partial charge in [0, 0.05) is 12.0 Å². The average molecular weight is 229 g/mol. The molecule has 2 amide bonds. The van der Waals surface area contributed by atoms with Gasteiger partial charge in [0.05, 0.1) is 6.04 Å². The molecule has 0 aliphatic rings. The Kier molecular flexibility index (Phi) is 5.44. The Labute approximate surface area is 96.9 Å². The zero-order valence-electron chi connectivity index (χ0n) is 10.5. The molecular weight excluding hydrogens is 206 g/mol. The van der Waals surface area contributed by atoms with Crippen molar-refractivity contribution in [3.8, 4) is 0 Å². The van der Waals surface area contributed by atoms with Crippen LogP contribution in [0, 0.1) is 5.92 Å². The van der Waals surface area contributed by atoms with Gasteiger partial charge in [-0.1, -0.05) is 13.8 Å². The first-order valence-electron chi connectivity index (χ1n) is 5.50. The van der Waals surface area contributed by atoms with E-state index >= 15 is 0 Å². The third kappa shape index (κ3) is 6.40. The summed E-state index contributed by atoms with van der Waals surface area (Å²) < 4.78 is 0. The highest BCUT2D eigenvalue weighted by molar-refractivity contribution is 5.83. The number of carbonyl (C=O) groups excluding carboxylic acids is 2. The molecule has 0 aliphatic heterocycles. The zero-order valence-corrected chi connectivity index (χ0v) is 10.5. The van der Waals surface area contributed by atoms with Crippen LogP contribution >= 0.6 is 0 Å².